The fraction of sp³-hybridized carbons (Fsp3) is 0.263. The van der Waals surface area contributed by atoms with Crippen molar-refractivity contribution in [3.63, 3.8) is 0 Å². The molecule has 0 radical (unpaired) electrons. The van der Waals surface area contributed by atoms with Crippen molar-refractivity contribution < 1.29 is 18.0 Å². The van der Waals surface area contributed by atoms with Crippen LogP contribution in [0.2, 0.25) is 0 Å². The molecule has 1 fully saturated rings. The number of hydrogen-bond donors (Lipinski definition) is 1. The van der Waals surface area contributed by atoms with Gasteiger partial charge < -0.3 is 14.8 Å². The number of anilines is 1. The summed E-state index contributed by atoms with van der Waals surface area (Å²) in [5.41, 5.74) is 1.40. The average Bonchev–Trinajstić information content (AvgIpc) is 3.07. The Bertz CT molecular complexity index is 996. The van der Waals surface area contributed by atoms with Crippen LogP contribution in [-0.2, 0) is 0 Å². The molecule has 1 N–H and O–H groups in total. The zero-order valence-corrected chi connectivity index (χ0v) is 14.3. The Kier molecular flexibility index (Phi) is 4.47. The second-order valence-corrected chi connectivity index (χ2v) is 6.56. The second kappa shape index (κ2) is 6.94. The first kappa shape index (κ1) is 17.4. The van der Waals surface area contributed by atoms with E-state index in [2.05, 4.69) is 10.3 Å². The number of imidazole rings is 1. The van der Waals surface area contributed by atoms with Crippen molar-refractivity contribution in [1.82, 2.24) is 14.5 Å². The number of urea groups is 1. The minimum atomic E-state index is -0.810. The SMILES string of the molecule is O=C(Nc1ccc(F)cc1F)N1CCC(n2cnc3cc(F)ccc32)CC1. The van der Waals surface area contributed by atoms with Gasteiger partial charge in [-0.25, -0.2) is 22.9 Å². The van der Waals surface area contributed by atoms with Crippen LogP contribution in [0.1, 0.15) is 18.9 Å². The average molecular weight is 374 g/mol. The van der Waals surface area contributed by atoms with Crippen molar-refractivity contribution >= 4 is 22.8 Å². The molecule has 4 rings (SSSR count). The van der Waals surface area contributed by atoms with Gasteiger partial charge in [-0.1, -0.05) is 0 Å². The van der Waals surface area contributed by atoms with Gasteiger partial charge in [0.05, 0.1) is 23.0 Å². The molecule has 140 valence electrons. The molecule has 2 amide bonds. The monoisotopic (exact) mass is 374 g/mol. The maximum atomic E-state index is 13.7. The number of carbonyl (C=O) groups is 1. The highest BCUT2D eigenvalue weighted by Gasteiger charge is 2.25. The lowest BCUT2D eigenvalue weighted by Crippen LogP contribution is -2.41. The summed E-state index contributed by atoms with van der Waals surface area (Å²) in [4.78, 5) is 18.2. The zero-order valence-electron chi connectivity index (χ0n) is 14.3. The number of aromatic nitrogens is 2. The summed E-state index contributed by atoms with van der Waals surface area (Å²) in [7, 11) is 0. The van der Waals surface area contributed by atoms with Gasteiger partial charge in [-0.2, -0.15) is 0 Å². The third-order valence-electron chi connectivity index (χ3n) is 4.85. The third kappa shape index (κ3) is 3.47. The van der Waals surface area contributed by atoms with Crippen LogP contribution in [-0.4, -0.2) is 33.6 Å². The maximum Gasteiger partial charge on any atom is 0.321 e. The highest BCUT2D eigenvalue weighted by Crippen LogP contribution is 2.27. The number of halogens is 3. The third-order valence-corrected chi connectivity index (χ3v) is 4.85. The lowest BCUT2D eigenvalue weighted by Gasteiger charge is -2.32. The minimum Gasteiger partial charge on any atom is -0.327 e. The van der Waals surface area contributed by atoms with Crippen LogP contribution in [0, 0.1) is 17.5 Å². The predicted molar refractivity (Wildman–Crippen MR) is 94.9 cm³/mol. The minimum absolute atomic E-state index is 0.0499. The number of amides is 2. The van der Waals surface area contributed by atoms with E-state index in [0.29, 0.717) is 31.4 Å². The van der Waals surface area contributed by atoms with Crippen LogP contribution in [0.15, 0.2) is 42.7 Å². The number of fused-ring (bicyclic) bond motifs is 1. The van der Waals surface area contributed by atoms with Gasteiger partial charge in [-0.15, -0.1) is 0 Å². The van der Waals surface area contributed by atoms with Crippen LogP contribution < -0.4 is 5.32 Å². The summed E-state index contributed by atoms with van der Waals surface area (Å²) in [5, 5.41) is 2.48. The van der Waals surface area contributed by atoms with Gasteiger partial charge in [-0.3, -0.25) is 0 Å². The van der Waals surface area contributed by atoms with Crippen molar-refractivity contribution in [2.45, 2.75) is 18.9 Å². The van der Waals surface area contributed by atoms with Gasteiger partial charge >= 0.3 is 6.03 Å². The van der Waals surface area contributed by atoms with Gasteiger partial charge in [0.25, 0.3) is 0 Å². The Morgan fingerprint density at radius 3 is 2.48 bits per heavy atom. The molecular formula is C19H17F3N4O. The Morgan fingerprint density at radius 2 is 1.74 bits per heavy atom. The molecule has 1 aliphatic rings. The van der Waals surface area contributed by atoms with Crippen LogP contribution in [0.4, 0.5) is 23.7 Å². The number of nitrogens with one attached hydrogen (secondary N) is 1. The smallest absolute Gasteiger partial charge is 0.321 e. The number of rotatable bonds is 2. The van der Waals surface area contributed by atoms with Gasteiger partial charge in [-0.05, 0) is 37.1 Å². The number of hydrogen-bond acceptors (Lipinski definition) is 2. The van der Waals surface area contributed by atoms with Crippen molar-refractivity contribution in [2.24, 2.45) is 0 Å². The van der Waals surface area contributed by atoms with E-state index in [1.807, 2.05) is 4.57 Å². The summed E-state index contributed by atoms with van der Waals surface area (Å²) in [6.45, 7) is 0.973. The molecule has 1 aromatic heterocycles. The molecule has 5 nitrogen and oxygen atoms in total. The molecular weight excluding hydrogens is 357 g/mol. The lowest BCUT2D eigenvalue weighted by molar-refractivity contribution is 0.184. The Morgan fingerprint density at radius 1 is 1.04 bits per heavy atom. The van der Waals surface area contributed by atoms with E-state index >= 15 is 0 Å². The van der Waals surface area contributed by atoms with Crippen molar-refractivity contribution in [3.8, 4) is 0 Å². The van der Waals surface area contributed by atoms with Crippen LogP contribution in [0.25, 0.3) is 11.0 Å². The fourth-order valence-corrected chi connectivity index (χ4v) is 3.43. The highest BCUT2D eigenvalue weighted by molar-refractivity contribution is 5.89. The molecule has 0 atom stereocenters. The molecule has 3 aromatic rings. The van der Waals surface area contributed by atoms with Crippen molar-refractivity contribution in [3.05, 3.63) is 60.2 Å². The number of benzene rings is 2. The molecule has 2 heterocycles. The molecule has 1 saturated heterocycles. The summed E-state index contributed by atoms with van der Waals surface area (Å²) in [5.74, 6) is -1.83. The molecule has 2 aromatic carbocycles. The van der Waals surface area contributed by atoms with Gasteiger partial charge in [0.2, 0.25) is 0 Å². The predicted octanol–water partition coefficient (Wildman–Crippen LogP) is 4.32. The molecule has 27 heavy (non-hydrogen) atoms. The number of carbonyl (C=O) groups excluding carboxylic acids is 1. The van der Waals surface area contributed by atoms with Crippen LogP contribution in [0.3, 0.4) is 0 Å². The van der Waals surface area contributed by atoms with Gasteiger partial charge in [0.1, 0.15) is 17.5 Å². The first-order valence-electron chi connectivity index (χ1n) is 8.64. The topological polar surface area (TPSA) is 50.2 Å². The summed E-state index contributed by atoms with van der Waals surface area (Å²) in [6.07, 6.45) is 3.09. The van der Waals surface area contributed by atoms with Crippen molar-refractivity contribution in [2.75, 3.05) is 18.4 Å². The van der Waals surface area contributed by atoms with E-state index in [4.69, 9.17) is 0 Å². The summed E-state index contributed by atoms with van der Waals surface area (Å²) >= 11 is 0. The van der Waals surface area contributed by atoms with E-state index in [-0.39, 0.29) is 17.5 Å². The standard InChI is InChI=1S/C19H17F3N4O/c20-12-1-3-16(15(22)9-12)24-19(27)25-7-5-14(6-8-25)26-11-23-17-10-13(21)2-4-18(17)26/h1-4,9-11,14H,5-8H2,(H,24,27). The van der Waals surface area contributed by atoms with E-state index in [0.717, 1.165) is 17.6 Å². The Hall–Kier alpha value is -3.03. The normalized spacial score (nSPS) is 15.3. The molecule has 0 saturated carbocycles. The number of nitrogens with zero attached hydrogens (tertiary/aromatic N) is 3. The quantitative estimate of drug-likeness (QED) is 0.726. The number of likely N-dealkylation sites (tertiary alicyclic amines) is 1. The largest absolute Gasteiger partial charge is 0.327 e. The summed E-state index contributed by atoms with van der Waals surface area (Å²) in [6, 6.07) is 7.25. The van der Waals surface area contributed by atoms with Gasteiger partial charge in [0, 0.05) is 31.3 Å². The fourth-order valence-electron chi connectivity index (χ4n) is 3.43. The Labute approximate surface area is 153 Å². The molecule has 0 aliphatic carbocycles. The highest BCUT2D eigenvalue weighted by atomic mass is 19.1. The van der Waals surface area contributed by atoms with E-state index in [1.165, 1.54) is 18.2 Å². The first-order valence-corrected chi connectivity index (χ1v) is 8.64. The molecule has 0 bridgehead atoms. The van der Waals surface area contributed by atoms with Gasteiger partial charge in [0.15, 0.2) is 0 Å². The molecule has 8 heteroatoms. The first-order chi connectivity index (χ1) is 13.0. The molecule has 0 spiro atoms. The molecule has 0 unspecified atom stereocenters. The Balaban J connectivity index is 1.41. The second-order valence-electron chi connectivity index (χ2n) is 6.56. The lowest BCUT2D eigenvalue weighted by atomic mass is 10.0. The maximum absolute atomic E-state index is 13.7. The van der Waals surface area contributed by atoms with Crippen LogP contribution >= 0.6 is 0 Å². The van der Waals surface area contributed by atoms with E-state index < -0.39 is 17.7 Å². The van der Waals surface area contributed by atoms with E-state index in [1.54, 1.807) is 17.3 Å². The molecule has 1 aliphatic heterocycles. The van der Waals surface area contributed by atoms with E-state index in [9.17, 15) is 18.0 Å². The van der Waals surface area contributed by atoms with Crippen LogP contribution in [0.5, 0.6) is 0 Å². The zero-order chi connectivity index (χ0) is 19.0. The number of piperidine rings is 1. The van der Waals surface area contributed by atoms with Crippen molar-refractivity contribution in [1.29, 1.82) is 0 Å². The summed E-state index contributed by atoms with van der Waals surface area (Å²) < 4.78 is 42.0.